The molecule has 11 nitrogen and oxygen atoms in total. The number of likely N-dealkylation sites (N-methyl/N-ethyl adjacent to an activating group) is 1. The second-order valence-corrected chi connectivity index (χ2v) is 10.7. The van der Waals surface area contributed by atoms with Gasteiger partial charge in [-0.3, -0.25) is 24.3 Å². The lowest BCUT2D eigenvalue weighted by Gasteiger charge is -2.50. The number of hydrogen-bond acceptors (Lipinski definition) is 10. The fourth-order valence-corrected chi connectivity index (χ4v) is 6.46. The van der Waals surface area contributed by atoms with E-state index in [2.05, 4.69) is 4.99 Å². The number of nitriles is 1. The Morgan fingerprint density at radius 1 is 1.17 bits per heavy atom. The maximum Gasteiger partial charge on any atom is 0.255 e. The second kappa shape index (κ2) is 9.99. The van der Waals surface area contributed by atoms with Crippen molar-refractivity contribution in [2.45, 2.75) is 24.5 Å². The SMILES string of the molecule is CN(C)[C@@H]1C(O)=C(C(N)=O)C(=O)[C@@]2(O)C(O)=C3C(=O)c4c(O)ccc(-c5ccc(/C=N/CC#N)cc5)c4C[C@H]3C[C@@H]12. The van der Waals surface area contributed by atoms with Crippen LogP contribution in [0.15, 0.2) is 64.1 Å². The minimum Gasteiger partial charge on any atom is -0.510 e. The van der Waals surface area contributed by atoms with E-state index in [1.807, 2.05) is 18.2 Å². The third-order valence-electron chi connectivity index (χ3n) is 8.23. The number of fused-ring (bicyclic) bond motifs is 3. The van der Waals surface area contributed by atoms with Gasteiger partial charge in [-0.2, -0.15) is 5.26 Å². The summed E-state index contributed by atoms with van der Waals surface area (Å²) in [5.74, 6) is -6.88. The quantitative estimate of drug-likeness (QED) is 0.207. The molecule has 0 saturated carbocycles. The minimum absolute atomic E-state index is 0.00908. The predicted molar refractivity (Wildman–Crippen MR) is 147 cm³/mol. The molecule has 6 N–H and O–H groups in total. The van der Waals surface area contributed by atoms with E-state index in [9.17, 15) is 34.8 Å². The van der Waals surface area contributed by atoms with Gasteiger partial charge in [0.1, 0.15) is 29.4 Å². The minimum atomic E-state index is -2.68. The molecule has 0 aliphatic heterocycles. The summed E-state index contributed by atoms with van der Waals surface area (Å²) < 4.78 is 0. The molecule has 0 heterocycles. The summed E-state index contributed by atoms with van der Waals surface area (Å²) in [5, 5.41) is 53.4. The number of ketones is 2. The number of carbonyl (C=O) groups is 3. The smallest absolute Gasteiger partial charge is 0.255 e. The summed E-state index contributed by atoms with van der Waals surface area (Å²) in [4.78, 5) is 44.9. The Balaban J connectivity index is 1.64. The molecule has 0 unspecified atom stereocenters. The number of phenolic OH excluding ortho intramolecular Hbond substituents is 1. The van der Waals surface area contributed by atoms with Crippen LogP contribution in [0.25, 0.3) is 11.1 Å². The Morgan fingerprint density at radius 2 is 1.85 bits per heavy atom. The fraction of sp³-hybridized carbons (Fsp3) is 0.300. The van der Waals surface area contributed by atoms with Crippen molar-refractivity contribution >= 4 is 23.7 Å². The first-order valence-corrected chi connectivity index (χ1v) is 12.9. The summed E-state index contributed by atoms with van der Waals surface area (Å²) in [7, 11) is 3.16. The summed E-state index contributed by atoms with van der Waals surface area (Å²) in [5.41, 5.74) is 4.32. The summed E-state index contributed by atoms with van der Waals surface area (Å²) in [6.45, 7) is 0.0349. The number of nitrogens with zero attached hydrogens (tertiary/aromatic N) is 3. The van der Waals surface area contributed by atoms with Gasteiger partial charge in [-0.25, -0.2) is 0 Å². The number of Topliss-reactive ketones (excluding diaryl/α,β-unsaturated/α-hetero) is 2. The van der Waals surface area contributed by atoms with Crippen LogP contribution < -0.4 is 5.73 Å². The average Bonchev–Trinajstić information content (AvgIpc) is 2.91. The van der Waals surface area contributed by atoms with Crippen LogP contribution in [-0.4, -0.2) is 81.3 Å². The van der Waals surface area contributed by atoms with Crippen LogP contribution in [0.2, 0.25) is 0 Å². The molecule has 2 aromatic carbocycles. The van der Waals surface area contributed by atoms with Gasteiger partial charge in [-0.15, -0.1) is 0 Å². The largest absolute Gasteiger partial charge is 0.510 e. The van der Waals surface area contributed by atoms with Gasteiger partial charge in [0.2, 0.25) is 5.78 Å². The molecular weight excluding hydrogens is 528 g/mol. The monoisotopic (exact) mass is 556 g/mol. The lowest BCUT2D eigenvalue weighted by Crippen LogP contribution is -2.63. The first kappa shape index (κ1) is 27.8. The van der Waals surface area contributed by atoms with E-state index in [1.54, 1.807) is 38.5 Å². The van der Waals surface area contributed by atoms with Crippen molar-refractivity contribution < 1.29 is 34.8 Å². The third-order valence-corrected chi connectivity index (χ3v) is 8.23. The van der Waals surface area contributed by atoms with Crippen LogP contribution in [0.4, 0.5) is 0 Å². The normalized spacial score (nSPS) is 25.7. The number of hydrogen-bond donors (Lipinski definition) is 5. The molecule has 3 aliphatic rings. The number of allylic oxidation sites excluding steroid dienone is 1. The van der Waals surface area contributed by atoms with Crippen molar-refractivity contribution in [1.82, 2.24) is 4.90 Å². The Labute approximate surface area is 235 Å². The lowest BCUT2D eigenvalue weighted by atomic mass is 9.58. The van der Waals surface area contributed by atoms with Crippen molar-refractivity contribution in [2.24, 2.45) is 22.6 Å². The molecule has 1 amide bonds. The molecular formula is C30H28N4O7. The number of aliphatic hydroxyl groups is 3. The number of aliphatic hydroxyl groups excluding tert-OH is 2. The summed E-state index contributed by atoms with van der Waals surface area (Å²) in [6.07, 6.45) is 1.77. The summed E-state index contributed by atoms with van der Waals surface area (Å²) >= 11 is 0. The number of nitrogens with two attached hydrogens (primary N) is 1. The van der Waals surface area contributed by atoms with Gasteiger partial charge in [0.05, 0.1) is 17.7 Å². The molecule has 0 aromatic heterocycles. The molecule has 4 atom stereocenters. The molecule has 11 heteroatoms. The van der Waals surface area contributed by atoms with Crippen molar-refractivity contribution in [3.05, 3.63) is 75.8 Å². The Kier molecular flexibility index (Phi) is 6.77. The van der Waals surface area contributed by atoms with Gasteiger partial charge in [0.25, 0.3) is 5.91 Å². The number of amides is 1. The van der Waals surface area contributed by atoms with E-state index in [0.717, 1.165) is 11.1 Å². The first-order chi connectivity index (χ1) is 19.4. The van der Waals surface area contributed by atoms with Crippen LogP contribution in [0.3, 0.4) is 0 Å². The molecule has 5 rings (SSSR count). The van der Waals surface area contributed by atoms with Crippen LogP contribution in [0, 0.1) is 23.2 Å². The number of aromatic hydroxyl groups is 1. The van der Waals surface area contributed by atoms with Gasteiger partial charge in [-0.05, 0) is 61.2 Å². The van der Waals surface area contributed by atoms with E-state index in [0.29, 0.717) is 11.1 Å². The van der Waals surface area contributed by atoms with E-state index >= 15 is 0 Å². The van der Waals surface area contributed by atoms with Crippen molar-refractivity contribution in [3.8, 4) is 22.9 Å². The Bertz CT molecular complexity index is 1630. The number of aliphatic imine (C=N–C) groups is 1. The Hall–Kier alpha value is -4.79. The van der Waals surface area contributed by atoms with E-state index in [-0.39, 0.29) is 36.3 Å². The highest BCUT2D eigenvalue weighted by Crippen LogP contribution is 2.53. The number of rotatable bonds is 5. The average molecular weight is 557 g/mol. The maximum absolute atomic E-state index is 13.9. The maximum atomic E-state index is 13.9. The summed E-state index contributed by atoms with van der Waals surface area (Å²) in [6, 6.07) is 11.2. The van der Waals surface area contributed by atoms with Gasteiger partial charge in [-0.1, -0.05) is 30.3 Å². The van der Waals surface area contributed by atoms with E-state index in [4.69, 9.17) is 11.0 Å². The molecule has 0 fully saturated rings. The molecule has 0 bridgehead atoms. The first-order valence-electron chi connectivity index (χ1n) is 12.9. The van der Waals surface area contributed by atoms with Crippen LogP contribution in [-0.2, 0) is 16.0 Å². The zero-order valence-electron chi connectivity index (χ0n) is 22.3. The van der Waals surface area contributed by atoms with Gasteiger partial charge >= 0.3 is 0 Å². The van der Waals surface area contributed by atoms with Crippen LogP contribution in [0.1, 0.15) is 27.9 Å². The highest BCUT2D eigenvalue weighted by Gasteiger charge is 2.63. The highest BCUT2D eigenvalue weighted by atomic mass is 16.3. The highest BCUT2D eigenvalue weighted by molar-refractivity contribution is 6.24. The van der Waals surface area contributed by atoms with Gasteiger partial charge < -0.3 is 26.2 Å². The molecule has 0 spiro atoms. The number of carbonyl (C=O) groups excluding carboxylic acids is 3. The fourth-order valence-electron chi connectivity index (χ4n) is 6.46. The number of benzene rings is 2. The van der Waals surface area contributed by atoms with Crippen LogP contribution in [0.5, 0.6) is 5.75 Å². The van der Waals surface area contributed by atoms with E-state index < -0.39 is 58.0 Å². The standard InChI is InChI=1S/C30H28N4O7/c1-34(2)24-19-12-16-11-18-17(15-5-3-14(4-6-15)13-33-10-9-31)7-8-20(35)22(18)25(36)21(16)27(38)30(19,41)28(39)23(26(24)37)29(32)40/h3-8,13,16,19,24,35,37-38,41H,10-12H2,1-2H3,(H2,32,40)/b33-13+/t16-,19-,24-,30-/m0/s1. The van der Waals surface area contributed by atoms with Crippen molar-refractivity contribution in [2.75, 3.05) is 20.6 Å². The number of phenols is 1. The van der Waals surface area contributed by atoms with Crippen molar-refractivity contribution in [1.29, 1.82) is 5.26 Å². The van der Waals surface area contributed by atoms with Gasteiger partial charge in [0, 0.05) is 17.7 Å². The number of primary amides is 1. The van der Waals surface area contributed by atoms with E-state index in [1.165, 1.54) is 11.0 Å². The molecule has 0 saturated heterocycles. The topological polar surface area (TPSA) is 198 Å². The molecule has 0 radical (unpaired) electrons. The van der Waals surface area contributed by atoms with Crippen molar-refractivity contribution in [3.63, 3.8) is 0 Å². The molecule has 210 valence electrons. The lowest BCUT2D eigenvalue weighted by molar-refractivity contribution is -0.148. The third kappa shape index (κ3) is 4.11. The molecule has 2 aromatic rings. The molecule has 3 aliphatic carbocycles. The second-order valence-electron chi connectivity index (χ2n) is 10.7. The van der Waals surface area contributed by atoms with Crippen LogP contribution >= 0.6 is 0 Å². The molecule has 41 heavy (non-hydrogen) atoms. The Morgan fingerprint density at radius 3 is 2.46 bits per heavy atom. The van der Waals surface area contributed by atoms with Gasteiger partial charge in [0.15, 0.2) is 11.4 Å². The zero-order chi connectivity index (χ0) is 29.8. The zero-order valence-corrected chi connectivity index (χ0v) is 22.3. The predicted octanol–water partition coefficient (Wildman–Crippen LogP) is 1.73.